The lowest BCUT2D eigenvalue weighted by Crippen LogP contribution is -2.47. The summed E-state index contributed by atoms with van der Waals surface area (Å²) < 4.78 is 0. The van der Waals surface area contributed by atoms with Crippen LogP contribution in [0.1, 0.15) is 61.9 Å². The molecule has 0 spiro atoms. The average molecular weight is 265 g/mol. The predicted molar refractivity (Wildman–Crippen MR) is 72.7 cm³/mol. The van der Waals surface area contributed by atoms with Crippen LogP contribution in [0.4, 0.5) is 0 Å². The highest BCUT2D eigenvalue weighted by molar-refractivity contribution is 5.90. The Bertz CT molecular complexity index is 417. The fraction of sp³-hybridized carbons (Fsp3) is 0.769. The van der Waals surface area contributed by atoms with E-state index in [0.29, 0.717) is 0 Å². The zero-order chi connectivity index (χ0) is 13.7. The number of aromatic nitrogens is 3. The Balaban J connectivity index is 1.94. The number of nitrogens with zero attached hydrogens (tertiary/aromatic N) is 2. The summed E-state index contributed by atoms with van der Waals surface area (Å²) in [5.74, 6) is 0.763. The van der Waals surface area contributed by atoms with Crippen molar-refractivity contribution in [2.45, 2.75) is 64.0 Å². The van der Waals surface area contributed by atoms with Gasteiger partial charge in [-0.05, 0) is 19.3 Å². The van der Waals surface area contributed by atoms with Crippen LogP contribution in [0.15, 0.2) is 0 Å². The highest BCUT2D eigenvalue weighted by Gasteiger charge is 2.24. The summed E-state index contributed by atoms with van der Waals surface area (Å²) in [5, 5.41) is 9.73. The molecule has 0 radical (unpaired) electrons. The highest BCUT2D eigenvalue weighted by atomic mass is 16.2. The second-order valence-electron chi connectivity index (χ2n) is 5.24. The fourth-order valence-corrected chi connectivity index (χ4v) is 2.49. The van der Waals surface area contributed by atoms with Gasteiger partial charge in [-0.2, -0.15) is 0 Å². The summed E-state index contributed by atoms with van der Waals surface area (Å²) in [7, 11) is 0. The van der Waals surface area contributed by atoms with E-state index in [9.17, 15) is 4.79 Å². The van der Waals surface area contributed by atoms with Crippen LogP contribution in [0.25, 0.3) is 0 Å². The molecule has 4 N–H and O–H groups in total. The smallest absolute Gasteiger partial charge is 0.291 e. The Labute approximate surface area is 113 Å². The van der Waals surface area contributed by atoms with Crippen molar-refractivity contribution in [1.29, 1.82) is 0 Å². The van der Waals surface area contributed by atoms with Gasteiger partial charge in [0, 0.05) is 18.5 Å². The lowest BCUT2D eigenvalue weighted by atomic mass is 10.0. The van der Waals surface area contributed by atoms with Gasteiger partial charge in [0.15, 0.2) is 0 Å². The molecule has 19 heavy (non-hydrogen) atoms. The fourth-order valence-electron chi connectivity index (χ4n) is 2.49. The molecule has 2 rings (SSSR count). The third-order valence-corrected chi connectivity index (χ3v) is 3.61. The van der Waals surface area contributed by atoms with Gasteiger partial charge in [-0.15, -0.1) is 5.10 Å². The van der Waals surface area contributed by atoms with Gasteiger partial charge < -0.3 is 11.1 Å². The van der Waals surface area contributed by atoms with E-state index in [0.717, 1.165) is 44.3 Å². The van der Waals surface area contributed by atoms with Crippen LogP contribution in [-0.2, 0) is 6.42 Å². The third kappa shape index (κ3) is 3.76. The number of nitrogens with one attached hydrogen (secondary N) is 2. The number of aryl methyl sites for hydroxylation is 1. The zero-order valence-corrected chi connectivity index (χ0v) is 11.5. The standard InChI is InChI=1S/C13H23N5O/c1-2-6-11-16-12(18-17-11)13(19)15-10-8-5-3-4-7-9(10)14/h9-10H,2-8,14H2,1H3,(H,15,19)(H,16,17,18). The van der Waals surface area contributed by atoms with Crippen molar-refractivity contribution >= 4 is 5.91 Å². The first-order chi connectivity index (χ1) is 9.20. The molecule has 2 unspecified atom stereocenters. The molecule has 0 aliphatic heterocycles. The molecule has 1 aliphatic rings. The van der Waals surface area contributed by atoms with Gasteiger partial charge in [0.2, 0.25) is 5.82 Å². The molecule has 1 aromatic rings. The van der Waals surface area contributed by atoms with E-state index in [1.165, 1.54) is 6.42 Å². The number of carbonyl (C=O) groups is 1. The Hall–Kier alpha value is -1.43. The molecule has 0 aromatic carbocycles. The van der Waals surface area contributed by atoms with Crippen LogP contribution < -0.4 is 11.1 Å². The first-order valence-electron chi connectivity index (χ1n) is 7.18. The van der Waals surface area contributed by atoms with Crippen molar-refractivity contribution in [1.82, 2.24) is 20.5 Å². The number of amides is 1. The van der Waals surface area contributed by atoms with Crippen LogP contribution in [0, 0.1) is 0 Å². The van der Waals surface area contributed by atoms with Crippen molar-refractivity contribution in [2.24, 2.45) is 5.73 Å². The normalized spacial score (nSPS) is 23.9. The van der Waals surface area contributed by atoms with E-state index in [-0.39, 0.29) is 23.8 Å². The SMILES string of the molecule is CCCc1nc(C(=O)NC2CCCCCC2N)n[nH]1. The molecule has 1 fully saturated rings. The van der Waals surface area contributed by atoms with Gasteiger partial charge in [-0.25, -0.2) is 4.98 Å². The molecule has 0 bridgehead atoms. The van der Waals surface area contributed by atoms with Crippen molar-refractivity contribution < 1.29 is 4.79 Å². The van der Waals surface area contributed by atoms with E-state index >= 15 is 0 Å². The molecule has 1 aliphatic carbocycles. The molecule has 1 heterocycles. The first kappa shape index (κ1) is 14.0. The lowest BCUT2D eigenvalue weighted by Gasteiger charge is -2.21. The van der Waals surface area contributed by atoms with Gasteiger partial charge in [0.25, 0.3) is 5.91 Å². The minimum atomic E-state index is -0.221. The topological polar surface area (TPSA) is 96.7 Å². The van der Waals surface area contributed by atoms with Crippen LogP contribution in [-0.4, -0.2) is 33.2 Å². The maximum Gasteiger partial charge on any atom is 0.291 e. The number of carbonyl (C=O) groups excluding carboxylic acids is 1. The summed E-state index contributed by atoms with van der Waals surface area (Å²) in [6, 6.07) is 0.0867. The monoisotopic (exact) mass is 265 g/mol. The van der Waals surface area contributed by atoms with E-state index in [1.54, 1.807) is 0 Å². The van der Waals surface area contributed by atoms with Gasteiger partial charge in [0.05, 0.1) is 0 Å². The van der Waals surface area contributed by atoms with E-state index < -0.39 is 0 Å². The number of hydrogen-bond donors (Lipinski definition) is 3. The number of rotatable bonds is 4. The average Bonchev–Trinajstić information content (AvgIpc) is 2.77. The minimum Gasteiger partial charge on any atom is -0.345 e. The maximum atomic E-state index is 12.1. The van der Waals surface area contributed by atoms with Gasteiger partial charge in [-0.3, -0.25) is 9.89 Å². The Morgan fingerprint density at radius 2 is 2.21 bits per heavy atom. The van der Waals surface area contributed by atoms with E-state index in [1.807, 2.05) is 0 Å². The number of hydrogen-bond acceptors (Lipinski definition) is 4. The number of aromatic amines is 1. The second-order valence-corrected chi connectivity index (χ2v) is 5.24. The molecule has 6 heteroatoms. The largest absolute Gasteiger partial charge is 0.345 e. The summed E-state index contributed by atoms with van der Waals surface area (Å²) in [5.41, 5.74) is 6.09. The molecule has 1 aromatic heterocycles. The quantitative estimate of drug-likeness (QED) is 0.711. The summed E-state index contributed by atoms with van der Waals surface area (Å²) >= 11 is 0. The van der Waals surface area contributed by atoms with Gasteiger partial charge >= 0.3 is 0 Å². The summed E-state index contributed by atoms with van der Waals surface area (Å²) in [6.45, 7) is 2.06. The maximum absolute atomic E-state index is 12.1. The first-order valence-corrected chi connectivity index (χ1v) is 7.18. The van der Waals surface area contributed by atoms with Crippen molar-refractivity contribution in [2.75, 3.05) is 0 Å². The van der Waals surface area contributed by atoms with E-state index in [2.05, 4.69) is 27.4 Å². The molecule has 1 saturated carbocycles. The van der Waals surface area contributed by atoms with E-state index in [4.69, 9.17) is 5.73 Å². The molecule has 2 atom stereocenters. The third-order valence-electron chi connectivity index (χ3n) is 3.61. The summed E-state index contributed by atoms with van der Waals surface area (Å²) in [6.07, 6.45) is 7.16. The zero-order valence-electron chi connectivity index (χ0n) is 11.5. The van der Waals surface area contributed by atoms with Crippen molar-refractivity contribution in [3.63, 3.8) is 0 Å². The second kappa shape index (κ2) is 6.65. The van der Waals surface area contributed by atoms with Crippen LogP contribution >= 0.6 is 0 Å². The Morgan fingerprint density at radius 1 is 1.42 bits per heavy atom. The van der Waals surface area contributed by atoms with Gasteiger partial charge in [-0.1, -0.05) is 26.2 Å². The molecule has 1 amide bonds. The summed E-state index contributed by atoms with van der Waals surface area (Å²) in [4.78, 5) is 16.3. The predicted octanol–water partition coefficient (Wildman–Crippen LogP) is 1.15. The van der Waals surface area contributed by atoms with Crippen molar-refractivity contribution in [3.05, 3.63) is 11.6 Å². The van der Waals surface area contributed by atoms with Gasteiger partial charge in [0.1, 0.15) is 5.82 Å². The Kier molecular flexibility index (Phi) is 4.90. The molecule has 6 nitrogen and oxygen atoms in total. The highest BCUT2D eigenvalue weighted by Crippen LogP contribution is 2.16. The number of H-pyrrole nitrogens is 1. The minimum absolute atomic E-state index is 0.0421. The van der Waals surface area contributed by atoms with Crippen LogP contribution in [0.5, 0.6) is 0 Å². The molecule has 106 valence electrons. The molecular weight excluding hydrogens is 242 g/mol. The van der Waals surface area contributed by atoms with Crippen molar-refractivity contribution in [3.8, 4) is 0 Å². The Morgan fingerprint density at radius 3 is 3.00 bits per heavy atom. The van der Waals surface area contributed by atoms with Crippen LogP contribution in [0.3, 0.4) is 0 Å². The lowest BCUT2D eigenvalue weighted by molar-refractivity contribution is 0.0918. The number of nitrogens with two attached hydrogens (primary N) is 1. The molecular formula is C13H23N5O. The van der Waals surface area contributed by atoms with Crippen LogP contribution in [0.2, 0.25) is 0 Å². The molecule has 0 saturated heterocycles.